The van der Waals surface area contributed by atoms with Crippen molar-refractivity contribution < 1.29 is 87.5 Å². The lowest BCUT2D eigenvalue weighted by Crippen LogP contribution is -2.61. The molecule has 0 aromatic heterocycles. The van der Waals surface area contributed by atoms with Gasteiger partial charge in [0.05, 0.1) is 25.2 Å². The molecule has 0 aliphatic carbocycles. The van der Waals surface area contributed by atoms with Crippen LogP contribution in [0.15, 0.2) is 4.99 Å². The van der Waals surface area contributed by atoms with Crippen LogP contribution in [0.25, 0.3) is 0 Å². The van der Waals surface area contributed by atoms with E-state index in [1.165, 1.54) is 20.8 Å². The molecule has 36 nitrogen and oxygen atoms in total. The first kappa shape index (κ1) is 82.7. The summed E-state index contributed by atoms with van der Waals surface area (Å²) in [5.74, 6) is -14.0. The van der Waals surface area contributed by atoms with Crippen molar-refractivity contribution in [1.29, 1.82) is 0 Å². The third-order valence-corrected chi connectivity index (χ3v) is 13.7. The molecule has 0 saturated heterocycles. The van der Waals surface area contributed by atoms with Gasteiger partial charge >= 0.3 is 11.9 Å². The van der Waals surface area contributed by atoms with E-state index in [0.717, 1.165) is 6.92 Å². The summed E-state index contributed by atoms with van der Waals surface area (Å²) < 4.78 is 0. The third kappa shape index (κ3) is 35.6. The smallest absolute Gasteiger partial charge is 0.328 e. The molecule has 0 spiro atoms. The minimum absolute atomic E-state index is 0.00495. The monoisotopic (exact) mass is 1300 g/mol. The number of hydrogen-bond donors (Lipinski definition) is 21. The van der Waals surface area contributed by atoms with Gasteiger partial charge in [0, 0.05) is 25.9 Å². The largest absolute Gasteiger partial charge is 0.481 e. The summed E-state index contributed by atoms with van der Waals surface area (Å²) >= 11 is 0. The van der Waals surface area contributed by atoms with E-state index in [1.807, 2.05) is 0 Å². The van der Waals surface area contributed by atoms with Gasteiger partial charge in [0.25, 0.3) is 0 Å². The molecule has 0 rings (SSSR count). The van der Waals surface area contributed by atoms with Gasteiger partial charge in [-0.05, 0) is 124 Å². The maximum Gasteiger partial charge on any atom is 0.328 e. The van der Waals surface area contributed by atoms with Crippen molar-refractivity contribution in [3.8, 4) is 0 Å². The molecule has 0 aromatic carbocycles. The van der Waals surface area contributed by atoms with E-state index in [-0.39, 0.29) is 102 Å². The van der Waals surface area contributed by atoms with E-state index in [9.17, 15) is 82.4 Å². The molecule has 0 saturated carbocycles. The summed E-state index contributed by atoms with van der Waals surface area (Å²) in [6, 6.07) is -15.9. The number of aliphatic hydroxyl groups is 2. The summed E-state index contributed by atoms with van der Waals surface area (Å²) in [6.07, 6.45) is -0.911. The van der Waals surface area contributed by atoms with Crippen LogP contribution in [0.4, 0.5) is 0 Å². The molecule has 0 radical (unpaired) electrons. The second-order valence-corrected chi connectivity index (χ2v) is 22.3. The minimum atomic E-state index is -1.81. The average Bonchev–Trinajstić information content (AvgIpc) is 3.60. The Bertz CT molecular complexity index is 2450. The van der Waals surface area contributed by atoms with Crippen molar-refractivity contribution in [2.75, 3.05) is 32.8 Å². The topological polar surface area (TPSA) is 621 Å². The van der Waals surface area contributed by atoms with E-state index in [0.29, 0.717) is 32.2 Å². The fourth-order valence-electron chi connectivity index (χ4n) is 8.40. The van der Waals surface area contributed by atoms with Gasteiger partial charge in [0.15, 0.2) is 5.96 Å². The Morgan fingerprint density at radius 3 is 1.32 bits per heavy atom. The summed E-state index contributed by atoms with van der Waals surface area (Å²) in [6.45, 7) is 7.93. The second kappa shape index (κ2) is 45.0. The Morgan fingerprint density at radius 2 is 0.846 bits per heavy atom. The van der Waals surface area contributed by atoms with E-state index < -0.39 is 168 Å². The molecule has 12 amide bonds. The maximum atomic E-state index is 14.0. The van der Waals surface area contributed by atoms with Crippen LogP contribution in [-0.4, -0.2) is 215 Å². The Hall–Kier alpha value is -8.35. The zero-order chi connectivity index (χ0) is 69.5. The zero-order valence-corrected chi connectivity index (χ0v) is 52.8. The van der Waals surface area contributed by atoms with Crippen LogP contribution in [0.1, 0.15) is 144 Å². The molecule has 91 heavy (non-hydrogen) atoms. The van der Waals surface area contributed by atoms with Crippen molar-refractivity contribution >= 4 is 88.8 Å². The highest BCUT2D eigenvalue weighted by atomic mass is 16.4. The number of carbonyl (C=O) groups is 14. The van der Waals surface area contributed by atoms with Crippen molar-refractivity contribution in [1.82, 2.24) is 58.5 Å². The van der Waals surface area contributed by atoms with Gasteiger partial charge in [-0.15, -0.1) is 0 Å². The molecule has 0 bridgehead atoms. The van der Waals surface area contributed by atoms with Crippen LogP contribution in [-0.2, 0) is 67.1 Å². The molecule has 27 N–H and O–H groups in total. The van der Waals surface area contributed by atoms with Crippen LogP contribution in [0.5, 0.6) is 0 Å². The number of primary amides is 1. The fourth-order valence-corrected chi connectivity index (χ4v) is 8.40. The molecular formula is C55H100N18O18. The summed E-state index contributed by atoms with van der Waals surface area (Å²) in [5.41, 5.74) is 33.3. The number of carboxylic acid groups (broad SMARTS) is 2. The van der Waals surface area contributed by atoms with Gasteiger partial charge < -0.3 is 113 Å². The Balaban J connectivity index is 6.58. The number of nitrogens with one attached hydrogen (secondary N) is 11. The lowest BCUT2D eigenvalue weighted by Gasteiger charge is -2.28. The number of aliphatic hydroxyl groups excluding tert-OH is 2. The Kier molecular flexibility index (Phi) is 40.9. The Morgan fingerprint density at radius 1 is 0.440 bits per heavy atom. The molecule has 12 atom stereocenters. The molecular weight excluding hydrogens is 1200 g/mol. The number of guanidine groups is 1. The summed E-state index contributed by atoms with van der Waals surface area (Å²) in [4.78, 5) is 186. The van der Waals surface area contributed by atoms with E-state index in [1.54, 1.807) is 13.8 Å². The number of carboxylic acids is 2. The minimum Gasteiger partial charge on any atom is -0.481 e. The number of hydrogen-bond acceptors (Lipinski definition) is 20. The van der Waals surface area contributed by atoms with Gasteiger partial charge in [-0.2, -0.15) is 0 Å². The average molecular weight is 1300 g/mol. The highest BCUT2D eigenvalue weighted by Crippen LogP contribution is 2.11. The number of amides is 12. The van der Waals surface area contributed by atoms with E-state index >= 15 is 0 Å². The lowest BCUT2D eigenvalue weighted by molar-refractivity contribution is -0.143. The van der Waals surface area contributed by atoms with Crippen molar-refractivity contribution in [3.63, 3.8) is 0 Å². The van der Waals surface area contributed by atoms with Gasteiger partial charge in [0.2, 0.25) is 70.9 Å². The highest BCUT2D eigenvalue weighted by Gasteiger charge is 2.36. The van der Waals surface area contributed by atoms with Crippen LogP contribution in [0.2, 0.25) is 0 Å². The molecule has 0 aliphatic rings. The number of carbonyl (C=O) groups excluding carboxylic acids is 12. The van der Waals surface area contributed by atoms with Crippen LogP contribution in [0, 0.1) is 5.92 Å². The fraction of sp³-hybridized carbons (Fsp3) is 0.727. The molecule has 0 aliphatic heterocycles. The second-order valence-electron chi connectivity index (χ2n) is 22.3. The number of nitrogens with two attached hydrogens (primary N) is 6. The predicted molar refractivity (Wildman–Crippen MR) is 328 cm³/mol. The van der Waals surface area contributed by atoms with Crippen LogP contribution < -0.4 is 92.9 Å². The SMILES string of the molecule is CC(C)C[C@H](NC(=O)[C@H](CCC(N)=O)NC(=O)[C@@H](N)CCCCN)C(=O)N[C@@H](C)C(=O)N[C@H](C(=O)N[C@@H](CCCCNC(=O)CCC(=O)O)C(=O)N[C@@H](C)C(=O)N[C@@H](C)C(=O)N[C@@H](CCCN=C(N)N)C(=O)N[C@@H](CCCCN)C(=O)N[C@@H](CO)C(=O)O)[C@@H](C)O. The summed E-state index contributed by atoms with van der Waals surface area (Å²) in [7, 11) is 0. The molecule has 0 aromatic rings. The standard InChI is InChI=1S/C55H100N18O18/c1-28(2)26-38(71-51(87)37(18-19-40(59)76)68-47(83)33(58)14-7-10-22-56)52(88)66-31(5)46(82)73-43(32(6)75)53(89)70-34(16-9-12-24-62-41(77)20-21-42(78)79)48(84)65-29(3)44(80)64-30(4)45(81)67-36(17-13-25-63-55(60)61)49(85)69-35(15-8-11-23-57)50(86)72-39(27-74)54(90)91/h28-39,43,74-75H,7-27,56-58H2,1-6H3,(H2,59,76)(H,62,77)(H,64,80)(H,65,84)(H,66,88)(H,67,81)(H,68,83)(H,69,85)(H,70,89)(H,71,87)(H,72,86)(H,73,82)(H,78,79)(H,90,91)(H4,60,61,63)/t29-,30-,31-,32+,33-,34-,35-,36-,37-,38-,39-,43-/m0/s1. The third-order valence-electron chi connectivity index (χ3n) is 13.7. The van der Waals surface area contributed by atoms with Crippen LogP contribution in [0.3, 0.4) is 0 Å². The van der Waals surface area contributed by atoms with E-state index in [4.69, 9.17) is 39.5 Å². The number of rotatable bonds is 48. The van der Waals surface area contributed by atoms with Gasteiger partial charge in [0.1, 0.15) is 60.4 Å². The predicted octanol–water partition coefficient (Wildman–Crippen LogP) is -7.55. The van der Waals surface area contributed by atoms with Crippen molar-refractivity contribution in [3.05, 3.63) is 0 Å². The first-order valence-electron chi connectivity index (χ1n) is 30.2. The van der Waals surface area contributed by atoms with Gasteiger partial charge in [-0.3, -0.25) is 67.3 Å². The zero-order valence-electron chi connectivity index (χ0n) is 52.8. The lowest BCUT2D eigenvalue weighted by atomic mass is 10.0. The molecule has 0 unspecified atom stereocenters. The number of aliphatic carboxylic acids is 2. The van der Waals surface area contributed by atoms with Crippen molar-refractivity contribution in [2.45, 2.75) is 217 Å². The maximum absolute atomic E-state index is 14.0. The summed E-state index contributed by atoms with van der Waals surface area (Å²) in [5, 5.41) is 65.4. The van der Waals surface area contributed by atoms with Gasteiger partial charge in [-0.25, -0.2) is 4.79 Å². The first-order valence-corrected chi connectivity index (χ1v) is 30.2. The van der Waals surface area contributed by atoms with Crippen molar-refractivity contribution in [2.24, 2.45) is 45.3 Å². The first-order chi connectivity index (χ1) is 42.7. The molecule has 0 fully saturated rings. The van der Waals surface area contributed by atoms with E-state index in [2.05, 4.69) is 63.5 Å². The van der Waals surface area contributed by atoms with Gasteiger partial charge in [-0.1, -0.05) is 20.3 Å². The molecule has 36 heteroatoms. The molecule has 518 valence electrons. The van der Waals surface area contributed by atoms with Crippen LogP contribution >= 0.6 is 0 Å². The number of aliphatic imine (C=N–C) groups is 1. The highest BCUT2D eigenvalue weighted by molar-refractivity contribution is 5.99. The number of nitrogens with zero attached hydrogens (tertiary/aromatic N) is 1. The quantitative estimate of drug-likeness (QED) is 0.0153. The normalized spacial score (nSPS) is 15.0. The molecule has 0 heterocycles. The Labute approximate surface area is 528 Å². The number of unbranched alkanes of at least 4 members (excludes halogenated alkanes) is 3.